The molecule has 2 aliphatic heterocycles. The zero-order valence-electron chi connectivity index (χ0n) is 18.8. The van der Waals surface area contributed by atoms with E-state index in [2.05, 4.69) is 25.7 Å². The molecule has 168 valence electrons. The van der Waals surface area contributed by atoms with Crippen molar-refractivity contribution in [1.29, 1.82) is 0 Å². The standard InChI is InChI=1S/C26H29ClN2O3/c1-4-13-32-22-11-5-19(6-12-22)23-24(28-15-17(2)14-18(3)16-28)26(31)29(25(23)30)21-9-7-20(27)8-10-21/h5-12,17-18H,4,13-16H2,1-3H3. The normalized spacial score (nSPS) is 21.5. The van der Waals surface area contributed by atoms with Gasteiger partial charge in [0.25, 0.3) is 11.8 Å². The summed E-state index contributed by atoms with van der Waals surface area (Å²) in [5.74, 6) is 1.07. The molecule has 0 spiro atoms. The lowest BCUT2D eigenvalue weighted by Gasteiger charge is -2.37. The van der Waals surface area contributed by atoms with Crippen LogP contribution in [0.2, 0.25) is 5.02 Å². The predicted octanol–water partition coefficient (Wildman–Crippen LogP) is 5.39. The molecule has 0 bridgehead atoms. The third kappa shape index (κ3) is 4.40. The van der Waals surface area contributed by atoms with E-state index in [9.17, 15) is 9.59 Å². The number of nitrogens with zero attached hydrogens (tertiary/aromatic N) is 2. The number of hydrogen-bond donors (Lipinski definition) is 0. The van der Waals surface area contributed by atoms with Gasteiger partial charge in [0.15, 0.2) is 0 Å². The molecule has 0 aliphatic carbocycles. The number of likely N-dealkylation sites (tertiary alicyclic amines) is 1. The Morgan fingerprint density at radius 3 is 2.16 bits per heavy atom. The highest BCUT2D eigenvalue weighted by molar-refractivity contribution is 6.45. The van der Waals surface area contributed by atoms with Crippen LogP contribution >= 0.6 is 11.6 Å². The highest BCUT2D eigenvalue weighted by Crippen LogP contribution is 2.37. The van der Waals surface area contributed by atoms with Gasteiger partial charge in [-0.15, -0.1) is 0 Å². The Labute approximate surface area is 194 Å². The summed E-state index contributed by atoms with van der Waals surface area (Å²) < 4.78 is 5.69. The second kappa shape index (κ2) is 9.37. The van der Waals surface area contributed by atoms with Crippen molar-refractivity contribution >= 4 is 34.7 Å². The first kappa shape index (κ1) is 22.4. The molecular formula is C26H29ClN2O3. The monoisotopic (exact) mass is 452 g/mol. The van der Waals surface area contributed by atoms with Gasteiger partial charge in [0.1, 0.15) is 11.4 Å². The zero-order chi connectivity index (χ0) is 22.8. The van der Waals surface area contributed by atoms with Crippen LogP contribution in [0.25, 0.3) is 5.57 Å². The summed E-state index contributed by atoms with van der Waals surface area (Å²) in [6.45, 7) is 8.60. The number of anilines is 1. The number of carbonyl (C=O) groups is 2. The van der Waals surface area contributed by atoms with Crippen LogP contribution < -0.4 is 9.64 Å². The minimum Gasteiger partial charge on any atom is -0.494 e. The molecule has 4 rings (SSSR count). The molecule has 2 unspecified atom stereocenters. The molecule has 0 N–H and O–H groups in total. The van der Waals surface area contributed by atoms with Crippen LogP contribution in [0.15, 0.2) is 54.2 Å². The molecule has 0 radical (unpaired) electrons. The van der Waals surface area contributed by atoms with E-state index in [1.165, 1.54) is 4.90 Å². The molecular weight excluding hydrogens is 424 g/mol. The number of rotatable bonds is 6. The van der Waals surface area contributed by atoms with E-state index in [4.69, 9.17) is 16.3 Å². The number of ether oxygens (including phenoxy) is 1. The molecule has 2 amide bonds. The van der Waals surface area contributed by atoms with Crippen molar-refractivity contribution in [2.45, 2.75) is 33.6 Å². The quantitative estimate of drug-likeness (QED) is 0.551. The van der Waals surface area contributed by atoms with Gasteiger partial charge < -0.3 is 9.64 Å². The minimum absolute atomic E-state index is 0.278. The Morgan fingerprint density at radius 1 is 0.938 bits per heavy atom. The van der Waals surface area contributed by atoms with E-state index in [0.29, 0.717) is 40.4 Å². The van der Waals surface area contributed by atoms with Crippen LogP contribution in [0.3, 0.4) is 0 Å². The maximum absolute atomic E-state index is 13.7. The van der Waals surface area contributed by atoms with Gasteiger partial charge in [-0.3, -0.25) is 9.59 Å². The second-order valence-corrected chi connectivity index (χ2v) is 9.31. The van der Waals surface area contributed by atoms with Crippen molar-refractivity contribution in [3.8, 4) is 5.75 Å². The smallest absolute Gasteiger partial charge is 0.282 e. The van der Waals surface area contributed by atoms with Gasteiger partial charge in [0.05, 0.1) is 17.9 Å². The van der Waals surface area contributed by atoms with Crippen LogP contribution in [0.4, 0.5) is 5.69 Å². The molecule has 0 saturated carbocycles. The summed E-state index contributed by atoms with van der Waals surface area (Å²) in [6, 6.07) is 14.3. The number of carbonyl (C=O) groups excluding carboxylic acids is 2. The molecule has 32 heavy (non-hydrogen) atoms. The van der Waals surface area contributed by atoms with Gasteiger partial charge >= 0.3 is 0 Å². The van der Waals surface area contributed by atoms with Gasteiger partial charge in [0.2, 0.25) is 0 Å². The molecule has 2 aromatic rings. The summed E-state index contributed by atoms with van der Waals surface area (Å²) in [4.78, 5) is 30.7. The maximum Gasteiger partial charge on any atom is 0.282 e. The second-order valence-electron chi connectivity index (χ2n) is 8.87. The number of imide groups is 1. The number of benzene rings is 2. The summed E-state index contributed by atoms with van der Waals surface area (Å²) in [5.41, 5.74) is 2.20. The van der Waals surface area contributed by atoms with E-state index in [0.717, 1.165) is 37.2 Å². The lowest BCUT2D eigenvalue weighted by molar-refractivity contribution is -0.120. The Bertz CT molecular complexity index is 1020. The van der Waals surface area contributed by atoms with Crippen LogP contribution in [0, 0.1) is 11.8 Å². The molecule has 1 fully saturated rings. The fraction of sp³-hybridized carbons (Fsp3) is 0.385. The molecule has 2 atom stereocenters. The van der Waals surface area contributed by atoms with Crippen molar-refractivity contribution in [3.63, 3.8) is 0 Å². The van der Waals surface area contributed by atoms with Crippen LogP contribution in [0.5, 0.6) is 5.75 Å². The fourth-order valence-corrected chi connectivity index (χ4v) is 4.81. The molecule has 2 heterocycles. The Hall–Kier alpha value is -2.79. The molecule has 1 saturated heterocycles. The number of hydrogen-bond acceptors (Lipinski definition) is 4. The van der Waals surface area contributed by atoms with E-state index in [-0.39, 0.29) is 11.8 Å². The van der Waals surface area contributed by atoms with Crippen LogP contribution in [0.1, 0.15) is 39.2 Å². The molecule has 2 aliphatic rings. The molecule has 6 heteroatoms. The number of halogens is 1. The fourth-order valence-electron chi connectivity index (χ4n) is 4.68. The predicted molar refractivity (Wildman–Crippen MR) is 128 cm³/mol. The van der Waals surface area contributed by atoms with Crippen LogP contribution in [-0.4, -0.2) is 36.4 Å². The first-order chi connectivity index (χ1) is 15.4. The molecule has 5 nitrogen and oxygen atoms in total. The van der Waals surface area contributed by atoms with Gasteiger partial charge in [-0.05, 0) is 66.6 Å². The highest BCUT2D eigenvalue weighted by Gasteiger charge is 2.43. The summed E-state index contributed by atoms with van der Waals surface area (Å²) >= 11 is 6.03. The Balaban J connectivity index is 1.76. The van der Waals surface area contributed by atoms with Gasteiger partial charge in [0, 0.05) is 18.1 Å². The zero-order valence-corrected chi connectivity index (χ0v) is 19.6. The number of piperidine rings is 1. The number of amides is 2. The average molecular weight is 453 g/mol. The summed E-state index contributed by atoms with van der Waals surface area (Å²) in [5, 5.41) is 0.558. The summed E-state index contributed by atoms with van der Waals surface area (Å²) in [7, 11) is 0. The van der Waals surface area contributed by atoms with Gasteiger partial charge in [-0.25, -0.2) is 4.90 Å². The Morgan fingerprint density at radius 2 is 1.56 bits per heavy atom. The summed E-state index contributed by atoms with van der Waals surface area (Å²) in [6.07, 6.45) is 2.04. The van der Waals surface area contributed by atoms with Gasteiger partial charge in [-0.2, -0.15) is 0 Å². The Kier molecular flexibility index (Phi) is 6.56. The lowest BCUT2D eigenvalue weighted by atomic mass is 9.91. The van der Waals surface area contributed by atoms with Crippen LogP contribution in [-0.2, 0) is 9.59 Å². The van der Waals surface area contributed by atoms with Gasteiger partial charge in [-0.1, -0.05) is 44.5 Å². The maximum atomic E-state index is 13.7. The van der Waals surface area contributed by atoms with E-state index in [1.807, 2.05) is 24.3 Å². The van der Waals surface area contributed by atoms with Crippen molar-refractivity contribution in [2.75, 3.05) is 24.6 Å². The van der Waals surface area contributed by atoms with Crippen molar-refractivity contribution in [3.05, 3.63) is 64.8 Å². The molecule has 2 aromatic carbocycles. The largest absolute Gasteiger partial charge is 0.494 e. The molecule has 0 aromatic heterocycles. The highest BCUT2D eigenvalue weighted by atomic mass is 35.5. The topological polar surface area (TPSA) is 49.9 Å². The van der Waals surface area contributed by atoms with E-state index >= 15 is 0 Å². The average Bonchev–Trinajstić information content (AvgIpc) is 3.03. The first-order valence-electron chi connectivity index (χ1n) is 11.3. The minimum atomic E-state index is -0.305. The first-order valence-corrected chi connectivity index (χ1v) is 11.6. The lowest BCUT2D eigenvalue weighted by Crippen LogP contribution is -2.42. The van der Waals surface area contributed by atoms with Crippen molar-refractivity contribution in [2.24, 2.45) is 11.8 Å². The van der Waals surface area contributed by atoms with E-state index in [1.54, 1.807) is 24.3 Å². The van der Waals surface area contributed by atoms with Crippen molar-refractivity contribution < 1.29 is 14.3 Å². The van der Waals surface area contributed by atoms with E-state index < -0.39 is 0 Å². The third-order valence-electron chi connectivity index (χ3n) is 5.95. The third-order valence-corrected chi connectivity index (χ3v) is 6.20. The van der Waals surface area contributed by atoms with Crippen molar-refractivity contribution in [1.82, 2.24) is 4.90 Å². The SMILES string of the molecule is CCCOc1ccc(C2=C(N3CC(C)CC(C)C3)C(=O)N(c3ccc(Cl)cc3)C2=O)cc1.